The second kappa shape index (κ2) is 31.1. The fraction of sp³-hybridized carbons (Fsp3) is 0.733. The normalized spacial score (nSPS) is 23.2. The number of carbonyl (C=O) groups excluding carboxylic acids is 2. The number of nitrogen functional groups attached to an aromatic ring is 1. The molecule has 2 aliphatic heterocycles. The van der Waals surface area contributed by atoms with Crippen LogP contribution in [0.25, 0.3) is 0 Å². The van der Waals surface area contributed by atoms with E-state index in [1.165, 1.54) is 38.2 Å². The van der Waals surface area contributed by atoms with E-state index in [9.17, 15) is 43.5 Å². The van der Waals surface area contributed by atoms with Crippen LogP contribution >= 0.6 is 15.6 Å². The molecule has 0 radical (unpaired) electrons. The van der Waals surface area contributed by atoms with Crippen LogP contribution in [0.2, 0.25) is 0 Å². The molecule has 9 atom stereocenters. The monoisotopic (exact) mass is 975 g/mol. The van der Waals surface area contributed by atoms with Gasteiger partial charge in [0, 0.05) is 19.0 Å². The highest BCUT2D eigenvalue weighted by Gasteiger charge is 2.46. The van der Waals surface area contributed by atoms with Crippen LogP contribution in [-0.4, -0.2) is 97.9 Å². The molecule has 3 rings (SSSR count). The number of phosphoric acid groups is 2. The molecule has 0 amide bonds. The average Bonchev–Trinajstić information content (AvgIpc) is 3.94. The van der Waals surface area contributed by atoms with E-state index >= 15 is 0 Å². The zero-order valence-electron chi connectivity index (χ0n) is 38.8. The molecule has 0 saturated carbocycles. The largest absolute Gasteiger partial charge is 0.481 e. The minimum absolute atomic E-state index is 0.0343. The van der Waals surface area contributed by atoms with Crippen molar-refractivity contribution in [3.8, 4) is 0 Å². The second-order valence-corrected chi connectivity index (χ2v) is 20.2. The SMILES string of the molecule is CCCCCC1OC1C/C=C\C/C=C\C/C=C\CCCC(=O)OC[C@H](COP(=O)(O)OP(=O)(O)OC[C@H]1O[C@@H](n2ccc(N)nc2=O)[C@H](O)[C@@H]1O)OC(=O)CCCCCCCCCC(C)C. The predicted octanol–water partition coefficient (Wildman–Crippen LogP) is 7.67. The molecule has 19 nitrogen and oxygen atoms in total. The highest BCUT2D eigenvalue weighted by atomic mass is 31.3. The van der Waals surface area contributed by atoms with Gasteiger partial charge in [-0.1, -0.05) is 121 Å². The number of rotatable bonds is 36. The lowest BCUT2D eigenvalue weighted by Crippen LogP contribution is -2.36. The Morgan fingerprint density at radius 2 is 1.45 bits per heavy atom. The Labute approximate surface area is 389 Å². The number of nitrogens with zero attached hydrogens (tertiary/aromatic N) is 2. The maximum Gasteiger partial charge on any atom is 0.481 e. The first-order valence-corrected chi connectivity index (χ1v) is 26.5. The minimum atomic E-state index is -5.43. The summed E-state index contributed by atoms with van der Waals surface area (Å²) in [5, 5.41) is 20.9. The maximum atomic E-state index is 12.8. The molecule has 376 valence electrons. The van der Waals surface area contributed by atoms with Crippen LogP contribution in [-0.2, 0) is 51.0 Å². The van der Waals surface area contributed by atoms with Crippen molar-refractivity contribution in [2.75, 3.05) is 25.6 Å². The van der Waals surface area contributed by atoms with Crippen LogP contribution in [0.3, 0.4) is 0 Å². The molecule has 6 N–H and O–H groups in total. The highest BCUT2D eigenvalue weighted by molar-refractivity contribution is 7.61. The van der Waals surface area contributed by atoms with Gasteiger partial charge in [0.15, 0.2) is 12.3 Å². The Kier molecular flexibility index (Phi) is 27.0. The lowest BCUT2D eigenvalue weighted by molar-refractivity contribution is -0.161. The number of hydrogen-bond acceptors (Lipinski definition) is 16. The van der Waals surface area contributed by atoms with Crippen LogP contribution in [0.1, 0.15) is 149 Å². The van der Waals surface area contributed by atoms with Gasteiger partial charge in [0.05, 0.1) is 25.4 Å². The number of hydrogen-bond donors (Lipinski definition) is 5. The number of nitrogens with two attached hydrogens (primary N) is 1. The van der Waals surface area contributed by atoms with Gasteiger partial charge in [-0.05, 0) is 56.9 Å². The second-order valence-electron chi connectivity index (χ2n) is 17.1. The van der Waals surface area contributed by atoms with Gasteiger partial charge in [0.1, 0.15) is 30.7 Å². The topological polar surface area (TPSA) is 278 Å². The molecule has 66 heavy (non-hydrogen) atoms. The summed E-state index contributed by atoms with van der Waals surface area (Å²) < 4.78 is 62.2. The van der Waals surface area contributed by atoms with E-state index in [4.69, 9.17) is 33.7 Å². The average molecular weight is 976 g/mol. The van der Waals surface area contributed by atoms with Crippen LogP contribution < -0.4 is 11.4 Å². The third-order valence-corrected chi connectivity index (χ3v) is 13.4. The lowest BCUT2D eigenvalue weighted by Gasteiger charge is -2.21. The van der Waals surface area contributed by atoms with Crippen molar-refractivity contribution in [2.45, 2.75) is 186 Å². The summed E-state index contributed by atoms with van der Waals surface area (Å²) in [6.07, 6.45) is 23.2. The van der Waals surface area contributed by atoms with Crippen LogP contribution in [0.4, 0.5) is 5.82 Å². The van der Waals surface area contributed by atoms with E-state index in [1.807, 2.05) is 12.2 Å². The molecular formula is C45H75N3O16P2. The Hall–Kier alpha value is -3.06. The molecule has 21 heteroatoms. The van der Waals surface area contributed by atoms with Crippen LogP contribution in [0, 0.1) is 5.92 Å². The summed E-state index contributed by atoms with van der Waals surface area (Å²) in [5.41, 5.74) is 4.57. The van der Waals surface area contributed by atoms with Gasteiger partial charge in [-0.2, -0.15) is 9.29 Å². The maximum absolute atomic E-state index is 12.8. The summed E-state index contributed by atoms with van der Waals surface area (Å²) in [6.45, 7) is 4.25. The van der Waals surface area contributed by atoms with Crippen molar-refractivity contribution >= 4 is 33.4 Å². The van der Waals surface area contributed by atoms with Crippen molar-refractivity contribution in [3.05, 3.63) is 59.2 Å². The van der Waals surface area contributed by atoms with Crippen LogP contribution in [0.15, 0.2) is 53.5 Å². The van der Waals surface area contributed by atoms with Crippen molar-refractivity contribution in [1.82, 2.24) is 9.55 Å². The van der Waals surface area contributed by atoms with Gasteiger partial charge in [-0.3, -0.25) is 23.2 Å². The van der Waals surface area contributed by atoms with Crippen molar-refractivity contribution < 1.29 is 71.0 Å². The molecule has 1 aromatic rings. The number of anilines is 1. The number of aromatic nitrogens is 2. The predicted molar refractivity (Wildman–Crippen MR) is 247 cm³/mol. The van der Waals surface area contributed by atoms with Gasteiger partial charge in [-0.15, -0.1) is 0 Å². The number of unbranched alkanes of at least 4 members (excludes halogenated alkanes) is 9. The fourth-order valence-corrected chi connectivity index (χ4v) is 9.16. The standard InChI is InChI=1S/C45H75N3O16P2/c1-4-5-19-25-36-37(62-36)26-21-16-12-8-6-7-9-13-17-22-27-40(49)58-31-35(61-41(50)28-23-18-14-10-11-15-20-24-34(2)3)32-59-65(54,55)64-66(56,57)60-33-38-42(51)43(52)44(63-38)48-30-29-39(46)47-45(48)53/h6,8-9,13,16,21,29-30,34-38,42-44,51-52H,4-5,7,10-12,14-15,17-20,22-28,31-33H2,1-3H3,(H,54,55)(H,56,57)(H2,46,47,53)/b8-6-,13-9-,21-16-/t35-,36?,37?,38-,42-,43-,44-/m1/s1. The Bertz CT molecular complexity index is 1830. The van der Waals surface area contributed by atoms with Gasteiger partial charge >= 0.3 is 33.3 Å². The molecule has 1 aromatic heterocycles. The lowest BCUT2D eigenvalue weighted by atomic mass is 10.0. The first kappa shape index (κ1) is 57.3. The third-order valence-electron chi connectivity index (χ3n) is 10.8. The number of epoxide rings is 1. The molecule has 0 aromatic carbocycles. The van der Waals surface area contributed by atoms with E-state index in [1.54, 1.807) is 0 Å². The summed E-state index contributed by atoms with van der Waals surface area (Å²) >= 11 is 0. The summed E-state index contributed by atoms with van der Waals surface area (Å²) in [6, 6.07) is 1.24. The van der Waals surface area contributed by atoms with E-state index in [2.05, 4.69) is 54.4 Å². The molecule has 4 unspecified atom stereocenters. The fourth-order valence-electron chi connectivity index (χ4n) is 7.05. The van der Waals surface area contributed by atoms with E-state index in [0.29, 0.717) is 37.4 Å². The van der Waals surface area contributed by atoms with Gasteiger partial charge in [-0.25, -0.2) is 13.9 Å². The highest BCUT2D eigenvalue weighted by Crippen LogP contribution is 2.60. The number of ether oxygens (including phenoxy) is 4. The first-order valence-electron chi connectivity index (χ1n) is 23.5. The summed E-state index contributed by atoms with van der Waals surface area (Å²) in [4.78, 5) is 61.7. The van der Waals surface area contributed by atoms with Crippen molar-refractivity contribution in [1.29, 1.82) is 0 Å². The molecule has 2 fully saturated rings. The number of aliphatic hydroxyl groups is 2. The van der Waals surface area contributed by atoms with Gasteiger partial charge < -0.3 is 44.7 Å². The number of esters is 2. The molecule has 0 aliphatic carbocycles. The third kappa shape index (κ3) is 24.3. The minimum Gasteiger partial charge on any atom is -0.462 e. The van der Waals surface area contributed by atoms with E-state index in [0.717, 1.165) is 68.6 Å². The zero-order valence-corrected chi connectivity index (χ0v) is 40.6. The molecular weight excluding hydrogens is 900 g/mol. The Morgan fingerprint density at radius 3 is 2.15 bits per heavy atom. The quantitative estimate of drug-likeness (QED) is 0.0142. The molecule has 0 spiro atoms. The summed E-state index contributed by atoms with van der Waals surface area (Å²) in [5.74, 6) is -0.692. The van der Waals surface area contributed by atoms with E-state index in [-0.39, 0.29) is 18.7 Å². The smallest absolute Gasteiger partial charge is 0.462 e. The van der Waals surface area contributed by atoms with Crippen LogP contribution in [0.5, 0.6) is 0 Å². The zero-order chi connectivity index (χ0) is 48.4. The Morgan fingerprint density at radius 1 is 0.803 bits per heavy atom. The van der Waals surface area contributed by atoms with Gasteiger partial charge in [0.25, 0.3) is 0 Å². The number of carbonyl (C=O) groups is 2. The molecule has 2 saturated heterocycles. The Balaban J connectivity index is 1.42. The summed E-state index contributed by atoms with van der Waals surface area (Å²) in [7, 11) is -10.9. The van der Waals surface area contributed by atoms with Gasteiger partial charge in [0.2, 0.25) is 0 Å². The van der Waals surface area contributed by atoms with E-state index < -0.39 is 83.7 Å². The number of phosphoric ester groups is 2. The van der Waals surface area contributed by atoms with Crippen molar-refractivity contribution in [2.24, 2.45) is 5.92 Å². The number of allylic oxidation sites excluding steroid dienone is 5. The van der Waals surface area contributed by atoms with Crippen molar-refractivity contribution in [3.63, 3.8) is 0 Å². The number of aliphatic hydroxyl groups excluding tert-OH is 2. The molecule has 3 heterocycles. The first-order chi connectivity index (χ1) is 31.5. The molecule has 0 bridgehead atoms. The molecule has 2 aliphatic rings.